The quantitative estimate of drug-likeness (QED) is 0.333. The molecule has 2 radical (unpaired) electrons. The van der Waals surface area contributed by atoms with Crippen molar-refractivity contribution in [2.45, 2.75) is 65.1 Å². The summed E-state index contributed by atoms with van der Waals surface area (Å²) in [6.45, 7) is 21.7. The van der Waals surface area contributed by atoms with E-state index in [0.717, 1.165) is 6.42 Å². The molecule has 1 atom stereocenters. The van der Waals surface area contributed by atoms with E-state index in [4.69, 9.17) is 0 Å². The van der Waals surface area contributed by atoms with Crippen LogP contribution in [0.15, 0.2) is 34.6 Å². The first-order valence-corrected chi connectivity index (χ1v) is 19.1. The maximum absolute atomic E-state index is 3.39. The number of hydrogen-bond donors (Lipinski definition) is 0. The Bertz CT molecular complexity index is 486. The SMILES string of the molecule is CC1=CC([Si](C)(C)C)[C-]=C1.CC1=[C-]CC([Si](C)(C)C)=C1.[CH3-].[CH3-].[Si]=[Zr]. The summed E-state index contributed by atoms with van der Waals surface area (Å²) in [5, 5.41) is 1.64. The van der Waals surface area contributed by atoms with Gasteiger partial charge in [0.15, 0.2) is 0 Å². The molecule has 0 fully saturated rings. The Morgan fingerprint density at radius 2 is 1.54 bits per heavy atom. The molecule has 1 unspecified atom stereocenters. The van der Waals surface area contributed by atoms with Crippen LogP contribution in [0.5, 0.6) is 0 Å². The fraction of sp³-hybridized carbons (Fsp3) is 0.500. The van der Waals surface area contributed by atoms with Crippen molar-refractivity contribution in [2.75, 3.05) is 0 Å². The third kappa shape index (κ3) is 11.2. The summed E-state index contributed by atoms with van der Waals surface area (Å²) in [7, 11) is -1.97. The summed E-state index contributed by atoms with van der Waals surface area (Å²) in [4.78, 5) is 0. The molecule has 0 nitrogen and oxygen atoms in total. The van der Waals surface area contributed by atoms with E-state index in [1.165, 1.54) is 34.5 Å². The van der Waals surface area contributed by atoms with Gasteiger partial charge in [0.25, 0.3) is 0 Å². The van der Waals surface area contributed by atoms with Crippen LogP contribution in [0.3, 0.4) is 0 Å². The normalized spacial score (nSPS) is 18.5. The standard InChI is InChI=1S/2C9H15Si.2CH3.Si.Zr/c2*1-8-5-6-9(7-8)10(2,3)4;;;;/h7H,6H2,1-4H3;5,7,9H,1-4H3;2*1H3;;/q4*-1;;. The van der Waals surface area contributed by atoms with E-state index in [2.05, 4.69) is 90.4 Å². The molecule has 4 heteroatoms. The summed E-state index contributed by atoms with van der Waals surface area (Å²) < 4.78 is 0. The third-order valence-corrected chi connectivity index (χ3v) is 8.21. The van der Waals surface area contributed by atoms with Gasteiger partial charge in [-0.1, -0.05) is 46.2 Å². The maximum atomic E-state index is 3.39. The molecule has 0 aromatic heterocycles. The van der Waals surface area contributed by atoms with Crippen molar-refractivity contribution in [1.29, 1.82) is 0 Å². The van der Waals surface area contributed by atoms with Crippen LogP contribution in [0.4, 0.5) is 0 Å². The van der Waals surface area contributed by atoms with E-state index in [1.807, 2.05) is 0 Å². The molecule has 0 aliphatic heterocycles. The van der Waals surface area contributed by atoms with Gasteiger partial charge in [-0.2, -0.15) is 11.3 Å². The molecule has 0 saturated carbocycles. The van der Waals surface area contributed by atoms with Crippen LogP contribution >= 0.6 is 0 Å². The zero-order valence-electron chi connectivity index (χ0n) is 17.5. The molecule has 24 heavy (non-hydrogen) atoms. The Balaban J connectivity index is -0.000000310. The van der Waals surface area contributed by atoms with Crippen molar-refractivity contribution in [3.8, 4) is 0 Å². The summed E-state index contributed by atoms with van der Waals surface area (Å²) in [6.07, 6.45) is 14.6. The van der Waals surface area contributed by atoms with Crippen LogP contribution in [0, 0.1) is 27.0 Å². The van der Waals surface area contributed by atoms with Gasteiger partial charge in [0, 0.05) is 8.07 Å². The van der Waals surface area contributed by atoms with E-state index in [1.54, 1.807) is 5.20 Å². The van der Waals surface area contributed by atoms with E-state index in [-0.39, 0.29) is 14.9 Å². The zero-order chi connectivity index (χ0) is 17.6. The van der Waals surface area contributed by atoms with E-state index >= 15 is 0 Å². The molecule has 2 rings (SSSR count). The van der Waals surface area contributed by atoms with Gasteiger partial charge >= 0.3 is 30.2 Å². The predicted molar refractivity (Wildman–Crippen MR) is 116 cm³/mol. The van der Waals surface area contributed by atoms with Crippen LogP contribution in [0.1, 0.15) is 20.3 Å². The first kappa shape index (κ1) is 29.3. The zero-order valence-corrected chi connectivity index (χ0v) is 23.0. The fourth-order valence-corrected chi connectivity index (χ4v) is 4.77. The average molecular weight is 452 g/mol. The molecule has 136 valence electrons. The Hall–Kier alpha value is 0.494. The summed E-state index contributed by atoms with van der Waals surface area (Å²) in [5.41, 5.74) is 3.37. The molecular weight excluding hydrogens is 416 g/mol. The minimum absolute atomic E-state index is 0. The molecule has 0 amide bonds. The van der Waals surface area contributed by atoms with Gasteiger partial charge in [-0.3, -0.25) is 12.2 Å². The number of allylic oxidation sites excluding steroid dienone is 8. The monoisotopic (exact) mass is 450 g/mol. The van der Waals surface area contributed by atoms with Crippen molar-refractivity contribution >= 4 is 23.0 Å². The first-order chi connectivity index (χ1) is 10.00. The molecule has 0 spiro atoms. The van der Waals surface area contributed by atoms with Crippen molar-refractivity contribution in [3.63, 3.8) is 0 Å². The Morgan fingerprint density at radius 1 is 1.04 bits per heavy atom. The van der Waals surface area contributed by atoms with Crippen molar-refractivity contribution in [3.05, 3.63) is 61.6 Å². The number of hydrogen-bond acceptors (Lipinski definition) is 0. The van der Waals surface area contributed by atoms with E-state index in [9.17, 15) is 0 Å². The summed E-state index contributed by atoms with van der Waals surface area (Å²) >= 11 is 1.36. The van der Waals surface area contributed by atoms with Gasteiger partial charge in [-0.05, 0) is 0 Å². The van der Waals surface area contributed by atoms with Crippen LogP contribution < -0.4 is 0 Å². The van der Waals surface area contributed by atoms with Crippen molar-refractivity contribution in [2.24, 2.45) is 0 Å². The molecule has 0 N–H and O–H groups in total. The van der Waals surface area contributed by atoms with Crippen LogP contribution in [-0.4, -0.2) is 23.0 Å². The van der Waals surface area contributed by atoms with E-state index < -0.39 is 16.1 Å². The molecule has 0 aromatic carbocycles. The molecule has 2 aliphatic rings. The molecule has 0 bridgehead atoms. The Morgan fingerprint density at radius 3 is 1.71 bits per heavy atom. The topological polar surface area (TPSA) is 0 Å². The van der Waals surface area contributed by atoms with Gasteiger partial charge in [0.1, 0.15) is 0 Å². The average Bonchev–Trinajstić information content (AvgIpc) is 3.00. The van der Waals surface area contributed by atoms with Gasteiger partial charge in [-0.25, -0.2) is 23.3 Å². The summed E-state index contributed by atoms with van der Waals surface area (Å²) in [6, 6.07) is 0. The molecular formula is C20H36Si3Zr-4. The van der Waals surface area contributed by atoms with Gasteiger partial charge < -0.3 is 14.9 Å². The van der Waals surface area contributed by atoms with E-state index in [0.29, 0.717) is 5.54 Å². The fourth-order valence-electron chi connectivity index (χ4n) is 2.16. The van der Waals surface area contributed by atoms with Gasteiger partial charge in [0.05, 0.1) is 8.07 Å². The summed E-state index contributed by atoms with van der Waals surface area (Å²) in [5.74, 6) is 0. The third-order valence-electron chi connectivity index (χ3n) is 3.76. The second-order valence-electron chi connectivity index (χ2n) is 8.02. The van der Waals surface area contributed by atoms with Crippen molar-refractivity contribution < 1.29 is 23.3 Å². The Kier molecular flexibility index (Phi) is 15.6. The van der Waals surface area contributed by atoms with Crippen LogP contribution in [0.25, 0.3) is 0 Å². The van der Waals surface area contributed by atoms with Crippen molar-refractivity contribution in [1.82, 2.24) is 0 Å². The molecule has 2 aliphatic carbocycles. The van der Waals surface area contributed by atoms with Crippen LogP contribution in [0.2, 0.25) is 44.8 Å². The Labute approximate surface area is 172 Å². The predicted octanol–water partition coefficient (Wildman–Crippen LogP) is 6.47. The van der Waals surface area contributed by atoms with Crippen LogP contribution in [-0.2, 0) is 23.3 Å². The van der Waals surface area contributed by atoms with Gasteiger partial charge in [-0.15, -0.1) is 18.9 Å². The molecule has 0 heterocycles. The van der Waals surface area contributed by atoms with Gasteiger partial charge in [0.2, 0.25) is 0 Å². The minimum atomic E-state index is -0.988. The second-order valence-corrected chi connectivity index (χ2v) is 18.5. The second kappa shape index (κ2) is 12.8. The molecule has 0 saturated heterocycles. The first-order valence-electron chi connectivity index (χ1n) is 7.81. The molecule has 0 aromatic rings. The number of rotatable bonds is 2.